The summed E-state index contributed by atoms with van der Waals surface area (Å²) in [6.45, 7) is 0. The molecular weight excluding hydrogens is 349 g/mol. The molecule has 1 N–H and O–H groups in total. The highest BCUT2D eigenvalue weighted by atomic mass is 35.5. The largest absolute Gasteiger partial charge is 0.465 e. The van der Waals surface area contributed by atoms with E-state index in [1.165, 1.54) is 37.4 Å². The highest BCUT2D eigenvalue weighted by molar-refractivity contribution is 7.92. The third-order valence-corrected chi connectivity index (χ3v) is 4.88. The van der Waals surface area contributed by atoms with Crippen molar-refractivity contribution in [1.82, 2.24) is 0 Å². The van der Waals surface area contributed by atoms with Crippen molar-refractivity contribution < 1.29 is 17.9 Å². The molecule has 0 unspecified atom stereocenters. The van der Waals surface area contributed by atoms with Crippen LogP contribution in [-0.2, 0) is 14.8 Å². The zero-order chi connectivity index (χ0) is 16.3. The molecule has 116 valence electrons. The van der Waals surface area contributed by atoms with Crippen LogP contribution >= 0.6 is 23.2 Å². The lowest BCUT2D eigenvalue weighted by atomic mass is 10.2. The molecule has 0 saturated heterocycles. The van der Waals surface area contributed by atoms with Gasteiger partial charge in [-0.15, -0.1) is 0 Å². The van der Waals surface area contributed by atoms with Crippen LogP contribution in [0.25, 0.3) is 0 Å². The van der Waals surface area contributed by atoms with Crippen LogP contribution in [0, 0.1) is 0 Å². The number of sulfonamides is 1. The maximum atomic E-state index is 12.4. The monoisotopic (exact) mass is 359 g/mol. The molecule has 0 aliphatic rings. The highest BCUT2D eigenvalue weighted by Gasteiger charge is 2.19. The van der Waals surface area contributed by atoms with Crippen molar-refractivity contribution >= 4 is 44.9 Å². The summed E-state index contributed by atoms with van der Waals surface area (Å²) in [6.07, 6.45) is 0. The topological polar surface area (TPSA) is 72.5 Å². The van der Waals surface area contributed by atoms with Gasteiger partial charge in [-0.3, -0.25) is 4.72 Å². The van der Waals surface area contributed by atoms with E-state index in [1.54, 1.807) is 12.1 Å². The van der Waals surface area contributed by atoms with E-state index in [2.05, 4.69) is 9.46 Å². The number of esters is 1. The first kappa shape index (κ1) is 16.6. The van der Waals surface area contributed by atoms with Gasteiger partial charge in [-0.25, -0.2) is 13.2 Å². The molecule has 2 aromatic carbocycles. The second-order valence-corrected chi connectivity index (χ2v) is 6.72. The Morgan fingerprint density at radius 3 is 2.41 bits per heavy atom. The lowest BCUT2D eigenvalue weighted by molar-refractivity contribution is 0.0602. The Bertz CT molecular complexity index is 821. The molecule has 0 saturated carbocycles. The van der Waals surface area contributed by atoms with Crippen LogP contribution in [0.2, 0.25) is 10.0 Å². The molecule has 2 rings (SSSR count). The number of carbonyl (C=O) groups is 1. The Balaban J connectivity index is 2.41. The number of para-hydroxylation sites is 1. The minimum atomic E-state index is -3.92. The van der Waals surface area contributed by atoms with E-state index < -0.39 is 16.0 Å². The zero-order valence-corrected chi connectivity index (χ0v) is 13.7. The van der Waals surface area contributed by atoms with Gasteiger partial charge in [0.05, 0.1) is 33.3 Å². The number of benzene rings is 2. The van der Waals surface area contributed by atoms with E-state index in [1.807, 2.05) is 0 Å². The number of halogens is 2. The summed E-state index contributed by atoms with van der Waals surface area (Å²) in [5.74, 6) is -0.646. The lowest BCUT2D eigenvalue weighted by Gasteiger charge is -2.11. The van der Waals surface area contributed by atoms with Gasteiger partial charge in [0.2, 0.25) is 0 Å². The predicted molar refractivity (Wildman–Crippen MR) is 85.1 cm³/mol. The predicted octanol–water partition coefficient (Wildman–Crippen LogP) is 3.58. The molecule has 0 amide bonds. The maximum absolute atomic E-state index is 12.4. The minimum Gasteiger partial charge on any atom is -0.465 e. The lowest BCUT2D eigenvalue weighted by Crippen LogP contribution is -2.16. The number of hydrogen-bond acceptors (Lipinski definition) is 4. The Labute approximate surface area is 137 Å². The van der Waals surface area contributed by atoms with Gasteiger partial charge in [0.25, 0.3) is 10.0 Å². The van der Waals surface area contributed by atoms with E-state index in [0.29, 0.717) is 0 Å². The van der Waals surface area contributed by atoms with E-state index in [-0.39, 0.29) is 26.2 Å². The standard InChI is InChI=1S/C14H11Cl2NO4S/c1-21-14(18)10-4-2-3-5-13(10)17-22(19,20)9-6-7-11(15)12(16)8-9/h2-8,17H,1H3. The minimum absolute atomic E-state index is 0.0680. The number of anilines is 1. The van der Waals surface area contributed by atoms with Gasteiger partial charge in [0, 0.05) is 0 Å². The van der Waals surface area contributed by atoms with E-state index >= 15 is 0 Å². The molecule has 2 aromatic rings. The third kappa shape index (κ3) is 3.52. The fourth-order valence-electron chi connectivity index (χ4n) is 1.71. The molecule has 0 aliphatic heterocycles. The van der Waals surface area contributed by atoms with Crippen LogP contribution in [0.3, 0.4) is 0 Å². The van der Waals surface area contributed by atoms with Gasteiger partial charge in [-0.2, -0.15) is 0 Å². The van der Waals surface area contributed by atoms with Gasteiger partial charge in [-0.1, -0.05) is 35.3 Å². The third-order valence-electron chi connectivity index (χ3n) is 2.78. The van der Waals surface area contributed by atoms with Gasteiger partial charge in [0.15, 0.2) is 0 Å². The summed E-state index contributed by atoms with van der Waals surface area (Å²) >= 11 is 11.6. The van der Waals surface area contributed by atoms with E-state index in [9.17, 15) is 13.2 Å². The van der Waals surface area contributed by atoms with Crippen molar-refractivity contribution in [3.8, 4) is 0 Å². The summed E-state index contributed by atoms with van der Waals surface area (Å²) in [7, 11) is -2.70. The van der Waals surface area contributed by atoms with Crippen LogP contribution in [0.5, 0.6) is 0 Å². The molecule has 0 spiro atoms. The molecule has 5 nitrogen and oxygen atoms in total. The van der Waals surface area contributed by atoms with Crippen LogP contribution in [-0.4, -0.2) is 21.5 Å². The van der Waals surface area contributed by atoms with Gasteiger partial charge in [-0.05, 0) is 30.3 Å². The molecule has 0 fully saturated rings. The van der Waals surface area contributed by atoms with E-state index in [0.717, 1.165) is 0 Å². The quantitative estimate of drug-likeness (QED) is 0.846. The smallest absolute Gasteiger partial charge is 0.339 e. The number of nitrogens with one attached hydrogen (secondary N) is 1. The summed E-state index contributed by atoms with van der Waals surface area (Å²) in [6, 6.07) is 10.0. The van der Waals surface area contributed by atoms with Crippen LogP contribution in [0.15, 0.2) is 47.4 Å². The normalized spacial score (nSPS) is 11.0. The SMILES string of the molecule is COC(=O)c1ccccc1NS(=O)(=O)c1ccc(Cl)c(Cl)c1. The summed E-state index contributed by atoms with van der Waals surface area (Å²) < 4.78 is 31.7. The molecule has 0 radical (unpaired) electrons. The van der Waals surface area contributed by atoms with Crippen LogP contribution < -0.4 is 4.72 Å². The highest BCUT2D eigenvalue weighted by Crippen LogP contribution is 2.27. The molecule has 0 heterocycles. The van der Waals surface area contributed by atoms with Gasteiger partial charge in [0.1, 0.15) is 0 Å². The van der Waals surface area contributed by atoms with Crippen molar-refractivity contribution in [3.63, 3.8) is 0 Å². The first-order chi connectivity index (χ1) is 10.3. The second kappa shape index (κ2) is 6.56. The molecular formula is C14H11Cl2NO4S. The Morgan fingerprint density at radius 1 is 1.09 bits per heavy atom. The molecule has 0 bridgehead atoms. The van der Waals surface area contributed by atoms with E-state index in [4.69, 9.17) is 23.2 Å². The van der Waals surface area contributed by atoms with Gasteiger partial charge >= 0.3 is 5.97 Å². The fraction of sp³-hybridized carbons (Fsp3) is 0.0714. The summed E-state index contributed by atoms with van der Waals surface area (Å²) in [5, 5.41) is 0.362. The molecule has 0 aromatic heterocycles. The van der Waals surface area contributed by atoms with Crippen molar-refractivity contribution in [2.75, 3.05) is 11.8 Å². The Kier molecular flexibility index (Phi) is 4.95. The van der Waals surface area contributed by atoms with Crippen LogP contribution in [0.1, 0.15) is 10.4 Å². The molecule has 0 aliphatic carbocycles. The number of hydrogen-bond donors (Lipinski definition) is 1. The average Bonchev–Trinajstić information content (AvgIpc) is 2.49. The van der Waals surface area contributed by atoms with Crippen LogP contribution in [0.4, 0.5) is 5.69 Å². The Hall–Kier alpha value is -1.76. The molecule has 8 heteroatoms. The maximum Gasteiger partial charge on any atom is 0.339 e. The fourth-order valence-corrected chi connectivity index (χ4v) is 3.18. The number of ether oxygens (including phenoxy) is 1. The van der Waals surface area contributed by atoms with Crippen molar-refractivity contribution in [1.29, 1.82) is 0 Å². The number of carbonyl (C=O) groups excluding carboxylic acids is 1. The summed E-state index contributed by atoms with van der Waals surface area (Å²) in [4.78, 5) is 11.6. The van der Waals surface area contributed by atoms with Gasteiger partial charge < -0.3 is 4.74 Å². The summed E-state index contributed by atoms with van der Waals surface area (Å²) in [5.41, 5.74) is 0.217. The zero-order valence-electron chi connectivity index (χ0n) is 11.3. The number of methoxy groups -OCH3 is 1. The first-order valence-electron chi connectivity index (χ1n) is 6.00. The Morgan fingerprint density at radius 2 is 1.77 bits per heavy atom. The van der Waals surface area contributed by atoms with Crippen molar-refractivity contribution in [2.45, 2.75) is 4.90 Å². The van der Waals surface area contributed by atoms with Crippen molar-refractivity contribution in [3.05, 3.63) is 58.1 Å². The second-order valence-electron chi connectivity index (χ2n) is 4.22. The van der Waals surface area contributed by atoms with Crippen molar-refractivity contribution in [2.24, 2.45) is 0 Å². The first-order valence-corrected chi connectivity index (χ1v) is 8.24. The average molecular weight is 360 g/mol. The molecule has 22 heavy (non-hydrogen) atoms. The molecule has 0 atom stereocenters. The number of rotatable bonds is 4.